The van der Waals surface area contributed by atoms with Crippen LogP contribution in [0.15, 0.2) is 64.8 Å². The van der Waals surface area contributed by atoms with E-state index in [0.717, 1.165) is 51.4 Å². The van der Waals surface area contributed by atoms with Crippen molar-refractivity contribution >= 4 is 36.3 Å². The summed E-state index contributed by atoms with van der Waals surface area (Å²) in [5, 5.41) is 13.7. The molecule has 8 rings (SSSR count). The Bertz CT molecular complexity index is 2190. The van der Waals surface area contributed by atoms with Crippen LogP contribution in [0.25, 0.3) is 22.6 Å². The van der Waals surface area contributed by atoms with Crippen molar-refractivity contribution < 1.29 is 9.84 Å². The zero-order valence-corrected chi connectivity index (χ0v) is 29.8. The lowest BCUT2D eigenvalue weighted by atomic mass is 9.90. The number of aromatic nitrogens is 6. The third-order valence-electron chi connectivity index (χ3n) is 10.2. The highest BCUT2D eigenvalue weighted by molar-refractivity contribution is 7.59. The van der Waals surface area contributed by atoms with Crippen molar-refractivity contribution in [3.63, 3.8) is 0 Å². The van der Waals surface area contributed by atoms with Gasteiger partial charge in [0.15, 0.2) is 5.82 Å². The number of rotatable bonds is 7. The Balaban J connectivity index is 0.00000392. The van der Waals surface area contributed by atoms with Crippen molar-refractivity contribution in [3.05, 3.63) is 92.8 Å². The number of piperazine rings is 1. The number of aliphatic hydroxyl groups is 1. The average Bonchev–Trinajstić information content (AvgIpc) is 3.55. The average molecular weight is 698 g/mol. The molecule has 0 bridgehead atoms. The number of nitrogens with one attached hydrogen (secondary N) is 1. The monoisotopic (exact) mass is 697 g/mol. The molecule has 13 nitrogen and oxygen atoms in total. The van der Waals surface area contributed by atoms with Crippen LogP contribution in [0.2, 0.25) is 0 Å². The minimum atomic E-state index is -0.390. The normalized spacial score (nSPS) is 18.9. The molecule has 14 heteroatoms. The Kier molecular flexibility index (Phi) is 8.83. The Labute approximate surface area is 296 Å². The molecule has 2 aliphatic heterocycles. The van der Waals surface area contributed by atoms with Gasteiger partial charge in [-0.05, 0) is 55.0 Å². The van der Waals surface area contributed by atoms with Crippen LogP contribution >= 0.6 is 13.5 Å². The van der Waals surface area contributed by atoms with E-state index >= 15 is 0 Å². The number of hydrogen-bond donors (Lipinski definition) is 2. The summed E-state index contributed by atoms with van der Waals surface area (Å²) in [4.78, 5) is 45.7. The van der Waals surface area contributed by atoms with E-state index in [-0.39, 0.29) is 42.5 Å². The minimum Gasteiger partial charge on any atom is -0.392 e. The summed E-state index contributed by atoms with van der Waals surface area (Å²) < 4.78 is 10.3. The van der Waals surface area contributed by atoms with E-state index in [1.807, 2.05) is 35.0 Å². The second-order valence-corrected chi connectivity index (χ2v) is 14.3. The SMILES string of the molecule is C[C@H]1CN(C2COC2)CCN1c1ccc(Nc2nc(-c3ccnc(-n4ccn5c6c(cc5c4=O)CC(C)(C)C6)c3CO)cn(C)c2=O)nc1.S. The van der Waals surface area contributed by atoms with Gasteiger partial charge < -0.3 is 29.0 Å². The van der Waals surface area contributed by atoms with E-state index in [0.29, 0.717) is 46.1 Å². The van der Waals surface area contributed by atoms with Crippen LogP contribution in [0.5, 0.6) is 0 Å². The largest absolute Gasteiger partial charge is 0.392 e. The van der Waals surface area contributed by atoms with Crippen LogP contribution in [0.3, 0.4) is 0 Å². The number of ether oxygens (including phenoxy) is 1. The molecule has 2 N–H and O–H groups in total. The lowest BCUT2D eigenvalue weighted by molar-refractivity contribution is -0.0691. The Hall–Kier alpha value is -4.50. The summed E-state index contributed by atoms with van der Waals surface area (Å²) in [7, 11) is 1.65. The Morgan fingerprint density at radius 2 is 1.88 bits per heavy atom. The summed E-state index contributed by atoms with van der Waals surface area (Å²) in [6, 6.07) is 8.43. The number of nitrogens with zero attached hydrogens (tertiary/aromatic N) is 8. The molecule has 7 heterocycles. The van der Waals surface area contributed by atoms with Gasteiger partial charge in [0.25, 0.3) is 11.1 Å². The van der Waals surface area contributed by atoms with Crippen LogP contribution in [0.1, 0.15) is 37.6 Å². The standard InChI is InChI=1S/C36H41N9O4.H2S/c1-22-17-42(25-20-49-21-25)9-10-43(22)24-5-6-31(38-16-24)40-32-35(48)41(4)18-28(39-32)26-7-8-37-33(27(26)19-46)45-12-11-44-29(34(45)47)13-23-14-36(2,3)15-30(23)44;/h5-8,11-13,16,18,22,25,46H,9-10,14-15,17,19-21H2,1-4H3,(H,38,39,40);1H2/t22-;/m0./s1. The van der Waals surface area contributed by atoms with Crippen molar-refractivity contribution in [3.8, 4) is 17.1 Å². The maximum Gasteiger partial charge on any atom is 0.293 e. The number of aliphatic hydroxyl groups excluding tert-OH is 1. The molecule has 0 aromatic carbocycles. The van der Waals surface area contributed by atoms with E-state index < -0.39 is 0 Å². The molecule has 5 aromatic rings. The van der Waals surface area contributed by atoms with E-state index in [1.165, 1.54) is 20.4 Å². The van der Waals surface area contributed by atoms with Crippen LogP contribution < -0.4 is 21.3 Å². The lowest BCUT2D eigenvalue weighted by Gasteiger charge is -2.46. The Morgan fingerprint density at radius 3 is 2.58 bits per heavy atom. The molecule has 3 aliphatic rings. The van der Waals surface area contributed by atoms with Gasteiger partial charge in [-0.1, -0.05) is 13.8 Å². The molecule has 50 heavy (non-hydrogen) atoms. The molecular formula is C36H43N9O4S. The van der Waals surface area contributed by atoms with Gasteiger partial charge in [0.1, 0.15) is 17.2 Å². The van der Waals surface area contributed by atoms with Gasteiger partial charge in [0.05, 0.1) is 43.4 Å². The highest BCUT2D eigenvalue weighted by atomic mass is 32.1. The van der Waals surface area contributed by atoms with E-state index in [9.17, 15) is 14.7 Å². The van der Waals surface area contributed by atoms with Crippen molar-refractivity contribution in [1.82, 2.24) is 33.4 Å². The molecule has 0 amide bonds. The summed E-state index contributed by atoms with van der Waals surface area (Å²) in [6.45, 7) is 10.8. The molecular weight excluding hydrogens is 655 g/mol. The van der Waals surface area contributed by atoms with Crippen molar-refractivity contribution in [1.29, 1.82) is 0 Å². The summed E-state index contributed by atoms with van der Waals surface area (Å²) >= 11 is 0. The van der Waals surface area contributed by atoms with Gasteiger partial charge in [-0.25, -0.2) is 15.0 Å². The molecule has 0 saturated carbocycles. The maximum absolute atomic E-state index is 13.8. The van der Waals surface area contributed by atoms with Gasteiger partial charge in [-0.15, -0.1) is 0 Å². The first-order valence-corrected chi connectivity index (χ1v) is 16.8. The fourth-order valence-electron chi connectivity index (χ4n) is 7.62. The number of aryl methyl sites for hydroxylation is 1. The first kappa shape index (κ1) is 34.0. The van der Waals surface area contributed by atoms with E-state index in [4.69, 9.17) is 4.74 Å². The predicted molar refractivity (Wildman–Crippen MR) is 197 cm³/mol. The number of pyridine rings is 2. The summed E-state index contributed by atoms with van der Waals surface area (Å²) in [5.41, 5.74) is 4.99. The van der Waals surface area contributed by atoms with Crippen molar-refractivity contribution in [2.75, 3.05) is 43.1 Å². The van der Waals surface area contributed by atoms with Gasteiger partial charge in [-0.3, -0.25) is 19.1 Å². The lowest BCUT2D eigenvalue weighted by Crippen LogP contribution is -2.59. The van der Waals surface area contributed by atoms with Crippen LogP contribution in [-0.4, -0.2) is 83.4 Å². The van der Waals surface area contributed by atoms with Gasteiger partial charge in [0.2, 0.25) is 0 Å². The molecule has 5 aromatic heterocycles. The van der Waals surface area contributed by atoms with Gasteiger partial charge in [0, 0.05) is 74.3 Å². The van der Waals surface area contributed by atoms with Gasteiger partial charge >= 0.3 is 0 Å². The second-order valence-electron chi connectivity index (χ2n) is 14.3. The first-order valence-electron chi connectivity index (χ1n) is 16.8. The maximum atomic E-state index is 13.8. The number of fused-ring (bicyclic) bond motifs is 3. The molecule has 2 fully saturated rings. The fraction of sp³-hybridized carbons (Fsp3) is 0.417. The van der Waals surface area contributed by atoms with E-state index in [1.54, 1.807) is 31.7 Å². The summed E-state index contributed by atoms with van der Waals surface area (Å²) in [6.07, 6.45) is 10.4. The zero-order chi connectivity index (χ0) is 34.0. The smallest absolute Gasteiger partial charge is 0.293 e. The molecule has 1 aliphatic carbocycles. The van der Waals surface area contributed by atoms with Crippen molar-refractivity contribution in [2.24, 2.45) is 12.5 Å². The van der Waals surface area contributed by atoms with Gasteiger partial charge in [-0.2, -0.15) is 13.5 Å². The van der Waals surface area contributed by atoms with Crippen LogP contribution in [0, 0.1) is 5.41 Å². The summed E-state index contributed by atoms with van der Waals surface area (Å²) in [5.74, 6) is 0.896. The highest BCUT2D eigenvalue weighted by Crippen LogP contribution is 2.37. The third-order valence-corrected chi connectivity index (χ3v) is 10.2. The quantitative estimate of drug-likeness (QED) is 0.262. The molecule has 262 valence electrons. The topological polar surface area (TPSA) is 135 Å². The fourth-order valence-corrected chi connectivity index (χ4v) is 7.62. The molecule has 1 atom stereocenters. The molecule has 0 unspecified atom stereocenters. The van der Waals surface area contributed by atoms with Crippen LogP contribution in [-0.2, 0) is 31.2 Å². The number of anilines is 3. The highest BCUT2D eigenvalue weighted by Gasteiger charge is 2.33. The predicted octanol–water partition coefficient (Wildman–Crippen LogP) is 3.02. The zero-order valence-electron chi connectivity index (χ0n) is 28.8. The second kappa shape index (κ2) is 13.0. The number of hydrogen-bond acceptors (Lipinski definition) is 10. The third kappa shape index (κ3) is 5.89. The van der Waals surface area contributed by atoms with Crippen LogP contribution in [0.4, 0.5) is 17.3 Å². The van der Waals surface area contributed by atoms with Crippen molar-refractivity contribution in [2.45, 2.75) is 52.3 Å². The van der Waals surface area contributed by atoms with E-state index in [2.05, 4.69) is 50.8 Å². The Morgan fingerprint density at radius 1 is 1.06 bits per heavy atom. The first-order chi connectivity index (χ1) is 23.6. The molecule has 2 saturated heterocycles. The molecule has 0 radical (unpaired) electrons. The molecule has 0 spiro atoms. The minimum absolute atomic E-state index is 0.